The SMILES string of the molecule is INCc1ncc[nH]1. The highest BCUT2D eigenvalue weighted by molar-refractivity contribution is 14.1. The standard InChI is InChI=1S/C4H6IN3/c5-8-3-4-6-1-2-7-4/h1-2,8H,3H2,(H,6,7). The molecule has 0 aliphatic rings. The number of aromatic nitrogens is 2. The van der Waals surface area contributed by atoms with Gasteiger partial charge in [0.15, 0.2) is 0 Å². The molecule has 4 heteroatoms. The van der Waals surface area contributed by atoms with E-state index in [-0.39, 0.29) is 0 Å². The minimum atomic E-state index is 0.799. The van der Waals surface area contributed by atoms with Crippen LogP contribution in [0.5, 0.6) is 0 Å². The van der Waals surface area contributed by atoms with E-state index in [1.807, 2.05) is 6.20 Å². The molecule has 3 nitrogen and oxygen atoms in total. The first-order chi connectivity index (χ1) is 3.93. The topological polar surface area (TPSA) is 40.7 Å². The van der Waals surface area contributed by atoms with Crippen LogP contribution in [0.4, 0.5) is 0 Å². The second-order valence-corrected chi connectivity index (χ2v) is 2.11. The monoisotopic (exact) mass is 223 g/mol. The molecular weight excluding hydrogens is 217 g/mol. The Morgan fingerprint density at radius 3 is 3.25 bits per heavy atom. The van der Waals surface area contributed by atoms with Crippen molar-refractivity contribution >= 4 is 22.9 Å². The smallest absolute Gasteiger partial charge is 0.120 e. The molecule has 0 bridgehead atoms. The van der Waals surface area contributed by atoms with Crippen LogP contribution in [0.25, 0.3) is 0 Å². The third-order valence-electron chi connectivity index (χ3n) is 0.789. The molecule has 0 saturated heterocycles. The van der Waals surface area contributed by atoms with E-state index in [4.69, 9.17) is 0 Å². The van der Waals surface area contributed by atoms with Gasteiger partial charge in [-0.25, -0.2) is 4.98 Å². The summed E-state index contributed by atoms with van der Waals surface area (Å²) in [6.07, 6.45) is 3.55. The third kappa shape index (κ3) is 1.45. The summed E-state index contributed by atoms with van der Waals surface area (Å²) < 4.78 is 2.95. The molecule has 0 fully saturated rings. The normalized spacial score (nSPS) is 9.62. The van der Waals surface area contributed by atoms with Gasteiger partial charge in [0.1, 0.15) is 5.82 Å². The molecule has 0 amide bonds. The van der Waals surface area contributed by atoms with Gasteiger partial charge in [-0.3, -0.25) is 3.53 Å². The van der Waals surface area contributed by atoms with Crippen LogP contribution in [-0.4, -0.2) is 9.97 Å². The molecule has 44 valence electrons. The zero-order valence-corrected chi connectivity index (χ0v) is 6.34. The van der Waals surface area contributed by atoms with E-state index < -0.39 is 0 Å². The van der Waals surface area contributed by atoms with Gasteiger partial charge in [0.25, 0.3) is 0 Å². The van der Waals surface area contributed by atoms with Crippen LogP contribution in [0.15, 0.2) is 12.4 Å². The number of aromatic amines is 1. The third-order valence-corrected chi connectivity index (χ3v) is 1.17. The summed E-state index contributed by atoms with van der Waals surface area (Å²) in [4.78, 5) is 6.94. The van der Waals surface area contributed by atoms with Crippen molar-refractivity contribution in [2.75, 3.05) is 0 Å². The summed E-state index contributed by atoms with van der Waals surface area (Å²) in [7, 11) is 0. The molecular formula is C4H6IN3. The van der Waals surface area contributed by atoms with Crippen molar-refractivity contribution in [1.82, 2.24) is 13.5 Å². The number of imidazole rings is 1. The maximum atomic E-state index is 3.98. The fraction of sp³-hybridized carbons (Fsp3) is 0.250. The predicted octanol–water partition coefficient (Wildman–Crippen LogP) is 0.849. The van der Waals surface area contributed by atoms with Crippen LogP contribution in [-0.2, 0) is 6.54 Å². The Balaban J connectivity index is 2.50. The first-order valence-electron chi connectivity index (χ1n) is 2.25. The Hall–Kier alpha value is -0.100. The highest BCUT2D eigenvalue weighted by Gasteiger charge is 1.87. The Bertz CT molecular complexity index is 137. The molecule has 0 radical (unpaired) electrons. The van der Waals surface area contributed by atoms with Gasteiger partial charge in [0.05, 0.1) is 6.54 Å². The molecule has 1 heterocycles. The van der Waals surface area contributed by atoms with Gasteiger partial charge < -0.3 is 4.98 Å². The molecule has 0 aliphatic heterocycles. The van der Waals surface area contributed by atoms with Crippen molar-refractivity contribution < 1.29 is 0 Å². The van der Waals surface area contributed by atoms with Crippen LogP contribution in [0.3, 0.4) is 0 Å². The van der Waals surface area contributed by atoms with Crippen molar-refractivity contribution in [2.24, 2.45) is 0 Å². The average molecular weight is 223 g/mol. The van der Waals surface area contributed by atoms with Gasteiger partial charge in [-0.15, -0.1) is 0 Å². The maximum Gasteiger partial charge on any atom is 0.120 e. The van der Waals surface area contributed by atoms with Crippen LogP contribution in [0.2, 0.25) is 0 Å². The van der Waals surface area contributed by atoms with Gasteiger partial charge in [-0.05, 0) is 0 Å². The van der Waals surface area contributed by atoms with Crippen molar-refractivity contribution in [3.63, 3.8) is 0 Å². The number of hydrogen-bond donors (Lipinski definition) is 2. The molecule has 0 aromatic carbocycles. The van der Waals surface area contributed by atoms with Crippen molar-refractivity contribution in [2.45, 2.75) is 6.54 Å². The Morgan fingerprint density at radius 1 is 1.88 bits per heavy atom. The lowest BCUT2D eigenvalue weighted by atomic mass is 10.6. The van der Waals surface area contributed by atoms with E-state index >= 15 is 0 Å². The second-order valence-electron chi connectivity index (χ2n) is 1.35. The van der Waals surface area contributed by atoms with Gasteiger partial charge in [-0.2, -0.15) is 0 Å². The van der Waals surface area contributed by atoms with Crippen molar-refractivity contribution in [3.05, 3.63) is 18.2 Å². The highest BCUT2D eigenvalue weighted by atomic mass is 127. The lowest BCUT2D eigenvalue weighted by molar-refractivity contribution is 0.913. The number of nitrogens with one attached hydrogen (secondary N) is 2. The molecule has 0 atom stereocenters. The summed E-state index contributed by atoms with van der Waals surface area (Å²) in [6.45, 7) is 0.799. The van der Waals surface area contributed by atoms with Crippen LogP contribution in [0.1, 0.15) is 5.82 Å². The van der Waals surface area contributed by atoms with E-state index in [9.17, 15) is 0 Å². The molecule has 1 aromatic heterocycles. The lowest BCUT2D eigenvalue weighted by Gasteiger charge is -1.87. The number of halogens is 1. The summed E-state index contributed by atoms with van der Waals surface area (Å²) in [6, 6.07) is 0. The fourth-order valence-electron chi connectivity index (χ4n) is 0.458. The molecule has 0 spiro atoms. The fourth-order valence-corrected chi connectivity index (χ4v) is 0.819. The zero-order chi connectivity index (χ0) is 5.82. The Labute approximate surface area is 61.4 Å². The number of nitrogens with zero attached hydrogens (tertiary/aromatic N) is 1. The number of hydrogen-bond acceptors (Lipinski definition) is 2. The molecule has 0 saturated carbocycles. The number of rotatable bonds is 2. The average Bonchev–Trinajstić information content (AvgIpc) is 2.19. The quantitative estimate of drug-likeness (QED) is 0.576. The summed E-state index contributed by atoms with van der Waals surface area (Å²) in [5, 5.41) is 0. The van der Waals surface area contributed by atoms with Crippen LogP contribution < -0.4 is 3.53 Å². The zero-order valence-electron chi connectivity index (χ0n) is 4.19. The summed E-state index contributed by atoms with van der Waals surface area (Å²) in [5.74, 6) is 0.972. The largest absolute Gasteiger partial charge is 0.347 e. The van der Waals surface area contributed by atoms with Crippen molar-refractivity contribution in [3.8, 4) is 0 Å². The Morgan fingerprint density at radius 2 is 2.75 bits per heavy atom. The van der Waals surface area contributed by atoms with Gasteiger partial charge in [-0.1, -0.05) is 0 Å². The minimum absolute atomic E-state index is 0.799. The Kier molecular flexibility index (Phi) is 2.28. The molecule has 1 rings (SSSR count). The molecule has 2 N–H and O–H groups in total. The van der Waals surface area contributed by atoms with Gasteiger partial charge >= 0.3 is 0 Å². The summed E-state index contributed by atoms with van der Waals surface area (Å²) >= 11 is 2.08. The van der Waals surface area contributed by atoms with Gasteiger partial charge in [0.2, 0.25) is 0 Å². The van der Waals surface area contributed by atoms with Crippen LogP contribution >= 0.6 is 22.9 Å². The highest BCUT2D eigenvalue weighted by Crippen LogP contribution is 1.86. The molecule has 0 unspecified atom stereocenters. The molecule has 0 aliphatic carbocycles. The van der Waals surface area contributed by atoms with E-state index in [0.29, 0.717) is 0 Å². The van der Waals surface area contributed by atoms with E-state index in [1.165, 1.54) is 0 Å². The van der Waals surface area contributed by atoms with E-state index in [2.05, 4.69) is 36.4 Å². The number of H-pyrrole nitrogens is 1. The first-order valence-corrected chi connectivity index (χ1v) is 3.33. The lowest BCUT2D eigenvalue weighted by Crippen LogP contribution is -1.98. The molecule has 1 aromatic rings. The van der Waals surface area contributed by atoms with Crippen molar-refractivity contribution in [1.29, 1.82) is 0 Å². The minimum Gasteiger partial charge on any atom is -0.347 e. The molecule has 8 heavy (non-hydrogen) atoms. The first kappa shape index (κ1) is 6.03. The second kappa shape index (κ2) is 3.03. The summed E-state index contributed by atoms with van der Waals surface area (Å²) in [5.41, 5.74) is 0. The van der Waals surface area contributed by atoms with E-state index in [1.54, 1.807) is 6.20 Å². The predicted molar refractivity (Wildman–Crippen MR) is 39.4 cm³/mol. The van der Waals surface area contributed by atoms with E-state index in [0.717, 1.165) is 12.4 Å². The van der Waals surface area contributed by atoms with Crippen LogP contribution in [0, 0.1) is 0 Å². The maximum absolute atomic E-state index is 3.98. The van der Waals surface area contributed by atoms with Gasteiger partial charge in [0, 0.05) is 35.3 Å².